The number of halogens is 2. The fraction of sp³-hybridized carbons (Fsp3) is 0.459. The highest BCUT2D eigenvalue weighted by molar-refractivity contribution is 6.03. The van der Waals surface area contributed by atoms with Crippen molar-refractivity contribution in [1.29, 1.82) is 0 Å². The second kappa shape index (κ2) is 16.1. The van der Waals surface area contributed by atoms with E-state index in [9.17, 15) is 59.2 Å². The zero-order valence-corrected chi connectivity index (χ0v) is 28.1. The fourth-order valence-electron chi connectivity index (χ4n) is 7.28. The van der Waals surface area contributed by atoms with Gasteiger partial charge in [0.1, 0.15) is 54.0 Å². The van der Waals surface area contributed by atoms with Crippen LogP contribution in [0.25, 0.3) is 0 Å². The van der Waals surface area contributed by atoms with Crippen LogP contribution in [0.2, 0.25) is 0 Å². The molecule has 1 aliphatic carbocycles. The van der Waals surface area contributed by atoms with Crippen LogP contribution in [0.3, 0.4) is 0 Å². The Morgan fingerprint density at radius 1 is 0.849 bits per heavy atom. The van der Waals surface area contributed by atoms with Gasteiger partial charge in [-0.15, -0.1) is 0 Å². The van der Waals surface area contributed by atoms with E-state index in [0.717, 1.165) is 0 Å². The standard InChI is InChI=1S/C37H41F2NO13/c38-20-5-1-17(2-6-20)25(42)14-13-24-27(40(35(24)48)22-9-7-21(39)8-10-22)18-3-11-23(12-4-18)51-26-15-19(16-41)33(30(45)28(26)43)52-37-32(47)29(44)31(46)34(53-37)36(49)50/h1-12,19,24-34,37,41-47H,13-16H2,(H,49,50)/t19-,24-,25+,26-,27-,28+,29+,30-,31+,32-,33-,34+,37?/m1/s1. The highest BCUT2D eigenvalue weighted by Crippen LogP contribution is 2.47. The van der Waals surface area contributed by atoms with E-state index in [2.05, 4.69) is 0 Å². The molecule has 286 valence electrons. The molecule has 2 saturated heterocycles. The number of aliphatic carboxylic acids is 1. The SMILES string of the molecule is O=C(O)[C@H]1OC(O[C@@H]2[C@@H](CO)C[C@@H](Oc3ccc([C@@H]4[C@@H](CC[C@H](O)c5ccc(F)cc5)C(=O)N4c4ccc(F)cc4)cc3)[C@H](O)[C@H]2O)[C@H](O)[C@@H](O)[C@@H]1O. The van der Waals surface area contributed by atoms with Gasteiger partial charge < -0.3 is 60.0 Å². The summed E-state index contributed by atoms with van der Waals surface area (Å²) in [7, 11) is 0. The quantitative estimate of drug-likeness (QED) is 0.121. The molecule has 53 heavy (non-hydrogen) atoms. The van der Waals surface area contributed by atoms with Crippen LogP contribution in [0.5, 0.6) is 5.75 Å². The van der Waals surface area contributed by atoms with Crippen LogP contribution in [-0.4, -0.2) is 114 Å². The number of nitrogens with zero attached hydrogens (tertiary/aromatic N) is 1. The topological polar surface area (TPSA) is 227 Å². The lowest BCUT2D eigenvalue weighted by Gasteiger charge is -2.48. The second-order valence-corrected chi connectivity index (χ2v) is 13.6. The maximum Gasteiger partial charge on any atom is 0.335 e. The van der Waals surface area contributed by atoms with Crippen molar-refractivity contribution in [3.05, 3.63) is 95.6 Å². The second-order valence-electron chi connectivity index (χ2n) is 13.6. The van der Waals surface area contributed by atoms with Crippen molar-refractivity contribution >= 4 is 17.6 Å². The van der Waals surface area contributed by atoms with E-state index in [1.54, 1.807) is 24.3 Å². The maximum absolute atomic E-state index is 13.7. The first-order chi connectivity index (χ1) is 25.3. The molecular weight excluding hydrogens is 704 g/mol. The highest BCUT2D eigenvalue weighted by atomic mass is 19.1. The molecule has 14 nitrogen and oxygen atoms in total. The minimum absolute atomic E-state index is 0.0780. The summed E-state index contributed by atoms with van der Waals surface area (Å²) >= 11 is 0. The molecule has 16 heteroatoms. The van der Waals surface area contributed by atoms with Gasteiger partial charge in [-0.1, -0.05) is 24.3 Å². The molecule has 1 unspecified atom stereocenters. The number of aliphatic hydroxyl groups excluding tert-OH is 7. The minimum Gasteiger partial charge on any atom is -0.488 e. The summed E-state index contributed by atoms with van der Waals surface area (Å²) in [6.45, 7) is -0.588. The number of aliphatic hydroxyl groups is 7. The molecule has 13 atom stereocenters. The lowest BCUT2D eigenvalue weighted by molar-refractivity contribution is -0.323. The van der Waals surface area contributed by atoms with Crippen LogP contribution in [0.15, 0.2) is 72.8 Å². The van der Waals surface area contributed by atoms with Crippen LogP contribution in [-0.2, 0) is 19.1 Å². The highest BCUT2D eigenvalue weighted by Gasteiger charge is 2.52. The van der Waals surface area contributed by atoms with Crippen LogP contribution < -0.4 is 9.64 Å². The van der Waals surface area contributed by atoms with Crippen molar-refractivity contribution in [1.82, 2.24) is 0 Å². The predicted molar refractivity (Wildman–Crippen MR) is 178 cm³/mol. The average molecular weight is 746 g/mol. The largest absolute Gasteiger partial charge is 0.488 e. The third-order valence-electron chi connectivity index (χ3n) is 10.2. The van der Waals surface area contributed by atoms with Gasteiger partial charge in [-0.2, -0.15) is 0 Å². The van der Waals surface area contributed by atoms with E-state index in [1.165, 1.54) is 53.4 Å². The molecule has 2 heterocycles. The first-order valence-electron chi connectivity index (χ1n) is 17.1. The number of β-lactam (4-membered cyclic amide) rings is 1. The van der Waals surface area contributed by atoms with E-state index in [4.69, 9.17) is 14.2 Å². The van der Waals surface area contributed by atoms with E-state index in [1.807, 2.05) is 0 Å². The Bertz CT molecular complexity index is 1710. The third-order valence-corrected chi connectivity index (χ3v) is 10.2. The van der Waals surface area contributed by atoms with Crippen LogP contribution in [0.4, 0.5) is 14.5 Å². The summed E-state index contributed by atoms with van der Waals surface area (Å²) in [5, 5.41) is 82.7. The Hall–Kier alpha value is -4.10. The van der Waals surface area contributed by atoms with Crippen molar-refractivity contribution in [2.45, 2.75) is 86.5 Å². The molecule has 3 aromatic carbocycles. The summed E-state index contributed by atoms with van der Waals surface area (Å²) < 4.78 is 43.9. The molecule has 1 amide bonds. The van der Waals surface area contributed by atoms with Crippen molar-refractivity contribution < 1.29 is 73.4 Å². The first kappa shape index (κ1) is 38.6. The molecule has 8 N–H and O–H groups in total. The molecule has 0 radical (unpaired) electrons. The minimum atomic E-state index is -1.97. The van der Waals surface area contributed by atoms with Crippen molar-refractivity contribution in [2.24, 2.45) is 11.8 Å². The van der Waals surface area contributed by atoms with Crippen LogP contribution in [0.1, 0.15) is 42.5 Å². The summed E-state index contributed by atoms with van der Waals surface area (Å²) in [5.74, 6) is -3.99. The van der Waals surface area contributed by atoms with Crippen LogP contribution in [0, 0.1) is 23.5 Å². The van der Waals surface area contributed by atoms with Gasteiger partial charge in [-0.3, -0.25) is 4.79 Å². The average Bonchev–Trinajstić information content (AvgIpc) is 3.14. The fourth-order valence-corrected chi connectivity index (χ4v) is 7.28. The summed E-state index contributed by atoms with van der Waals surface area (Å²) in [5.41, 5.74) is 1.67. The molecule has 1 saturated carbocycles. The van der Waals surface area contributed by atoms with Crippen molar-refractivity contribution in [3.8, 4) is 5.75 Å². The summed E-state index contributed by atoms with van der Waals surface area (Å²) in [4.78, 5) is 26.5. The van der Waals surface area contributed by atoms with Crippen molar-refractivity contribution in [2.75, 3.05) is 11.5 Å². The number of carbonyl (C=O) groups excluding carboxylic acids is 1. The zero-order chi connectivity index (χ0) is 38.1. The normalized spacial score (nSPS) is 33.6. The number of carboxylic acid groups (broad SMARTS) is 1. The van der Waals surface area contributed by atoms with Gasteiger partial charge in [0, 0.05) is 18.2 Å². The number of amides is 1. The Morgan fingerprint density at radius 2 is 1.47 bits per heavy atom. The van der Waals surface area contributed by atoms with E-state index < -0.39 is 103 Å². The number of hydrogen-bond acceptors (Lipinski definition) is 12. The van der Waals surface area contributed by atoms with E-state index in [-0.39, 0.29) is 30.9 Å². The molecule has 3 aliphatic rings. The lowest BCUT2D eigenvalue weighted by atomic mass is 9.78. The zero-order valence-electron chi connectivity index (χ0n) is 28.1. The van der Waals surface area contributed by atoms with Gasteiger partial charge in [-0.05, 0) is 78.9 Å². The number of benzene rings is 3. The molecule has 2 aliphatic heterocycles. The van der Waals surface area contributed by atoms with Gasteiger partial charge >= 0.3 is 5.97 Å². The Morgan fingerprint density at radius 3 is 2.08 bits per heavy atom. The first-order valence-corrected chi connectivity index (χ1v) is 17.1. The summed E-state index contributed by atoms with van der Waals surface area (Å²) in [6, 6.07) is 17.0. The molecule has 0 spiro atoms. The van der Waals surface area contributed by atoms with E-state index >= 15 is 0 Å². The molecule has 0 bridgehead atoms. The monoisotopic (exact) mass is 745 g/mol. The smallest absolute Gasteiger partial charge is 0.335 e. The Kier molecular flexibility index (Phi) is 11.7. The maximum atomic E-state index is 13.7. The molecule has 3 aromatic rings. The number of hydrogen-bond donors (Lipinski definition) is 8. The number of anilines is 1. The lowest BCUT2D eigenvalue weighted by Crippen LogP contribution is -2.63. The van der Waals surface area contributed by atoms with Gasteiger partial charge in [0.05, 0.1) is 24.2 Å². The number of carboxylic acids is 1. The molecular formula is C37H41F2NO13. The Balaban J connectivity index is 1.14. The van der Waals surface area contributed by atoms with Gasteiger partial charge in [0.2, 0.25) is 5.91 Å². The summed E-state index contributed by atoms with van der Waals surface area (Å²) in [6.07, 6.45) is -16.0. The number of ether oxygens (including phenoxy) is 3. The van der Waals surface area contributed by atoms with Crippen molar-refractivity contribution in [3.63, 3.8) is 0 Å². The van der Waals surface area contributed by atoms with E-state index in [0.29, 0.717) is 16.8 Å². The molecule has 0 aromatic heterocycles. The molecule has 6 rings (SSSR count). The van der Waals surface area contributed by atoms with Gasteiger partial charge in [-0.25, -0.2) is 13.6 Å². The predicted octanol–water partition coefficient (Wildman–Crippen LogP) is 0.941. The van der Waals surface area contributed by atoms with Gasteiger partial charge in [0.15, 0.2) is 12.4 Å². The number of carbonyl (C=O) groups is 2. The number of rotatable bonds is 12. The van der Waals surface area contributed by atoms with Gasteiger partial charge in [0.25, 0.3) is 0 Å². The third kappa shape index (κ3) is 7.92. The Labute approximate surface area is 302 Å². The molecule has 3 fully saturated rings. The van der Waals surface area contributed by atoms with Crippen LogP contribution >= 0.6 is 0 Å².